The zero-order valence-electron chi connectivity index (χ0n) is 15.7. The summed E-state index contributed by atoms with van der Waals surface area (Å²) in [5.74, 6) is 1.19. The minimum Gasteiger partial charge on any atom is -0.490 e. The van der Waals surface area contributed by atoms with Gasteiger partial charge >= 0.3 is 0 Å². The zero-order valence-corrected chi connectivity index (χ0v) is 16.5. The molecule has 146 valence electrons. The molecule has 0 heterocycles. The molecular weight excluding hydrogens is 372 g/mol. The van der Waals surface area contributed by atoms with Gasteiger partial charge in [-0.1, -0.05) is 30.4 Å². The third-order valence-corrected chi connectivity index (χ3v) is 4.05. The highest BCUT2D eigenvalue weighted by Crippen LogP contribution is 2.13. The van der Waals surface area contributed by atoms with Crippen LogP contribution in [-0.2, 0) is 0 Å². The number of ether oxygens (including phenoxy) is 2. The number of hydrogen-bond acceptors (Lipinski definition) is 4. The Morgan fingerprint density at radius 3 is 2.00 bits per heavy atom. The van der Waals surface area contributed by atoms with Crippen LogP contribution in [0.4, 0.5) is 0 Å². The molecule has 0 aliphatic rings. The fourth-order valence-electron chi connectivity index (χ4n) is 2.34. The van der Waals surface area contributed by atoms with Crippen LogP contribution < -0.4 is 14.8 Å². The Morgan fingerprint density at radius 2 is 1.46 bits per heavy atom. The maximum atomic E-state index is 12.4. The van der Waals surface area contributed by atoms with Gasteiger partial charge in [0.05, 0.1) is 0 Å². The minimum atomic E-state index is -0.276. The maximum absolute atomic E-state index is 12.4. The topological polar surface area (TPSA) is 50.8 Å². The van der Waals surface area contributed by atoms with Crippen LogP contribution in [0.3, 0.4) is 0 Å². The van der Waals surface area contributed by atoms with Gasteiger partial charge < -0.3 is 14.4 Å². The molecule has 2 aromatic carbocycles. The average molecular weight is 397 g/mol. The Bertz CT molecular complexity index is 781. The van der Waals surface area contributed by atoms with Crippen molar-refractivity contribution in [3.8, 4) is 11.5 Å². The normalized spacial score (nSPS) is 9.86. The van der Waals surface area contributed by atoms with Crippen LogP contribution in [0.1, 0.15) is 10.4 Å². The van der Waals surface area contributed by atoms with Crippen molar-refractivity contribution in [2.24, 2.45) is 0 Å². The summed E-state index contributed by atoms with van der Waals surface area (Å²) in [6.07, 6.45) is 3.44. The largest absolute Gasteiger partial charge is 0.490 e. The first-order valence-electron chi connectivity index (χ1n) is 8.86. The Morgan fingerprint density at radius 1 is 0.929 bits per heavy atom. The number of carbonyl (C=O) groups is 1. The lowest BCUT2D eigenvalue weighted by atomic mass is 10.2. The molecule has 2 rings (SSSR count). The van der Waals surface area contributed by atoms with Crippen molar-refractivity contribution < 1.29 is 14.3 Å². The number of nitrogens with zero attached hydrogens (tertiary/aromatic N) is 1. The monoisotopic (exact) mass is 396 g/mol. The van der Waals surface area contributed by atoms with Crippen LogP contribution >= 0.6 is 12.2 Å². The second kappa shape index (κ2) is 11.6. The lowest BCUT2D eigenvalue weighted by Crippen LogP contribution is -2.42. The highest BCUT2D eigenvalue weighted by Gasteiger charge is 2.12. The Kier molecular flexibility index (Phi) is 8.75. The number of para-hydroxylation sites is 1. The van der Waals surface area contributed by atoms with E-state index in [1.54, 1.807) is 41.3 Å². The number of benzene rings is 2. The molecule has 0 spiro atoms. The van der Waals surface area contributed by atoms with Crippen molar-refractivity contribution in [1.82, 2.24) is 10.2 Å². The quantitative estimate of drug-likeness (QED) is 0.376. The molecule has 0 aliphatic heterocycles. The highest BCUT2D eigenvalue weighted by atomic mass is 32.1. The van der Waals surface area contributed by atoms with E-state index in [1.165, 1.54) is 0 Å². The smallest absolute Gasteiger partial charge is 0.257 e. The molecule has 6 heteroatoms. The SMILES string of the molecule is C=CCN(CC=C)C(=S)NC(=O)c1ccc(OCCOc2ccccc2)cc1. The lowest BCUT2D eigenvalue weighted by molar-refractivity contribution is 0.0974. The van der Waals surface area contributed by atoms with E-state index in [2.05, 4.69) is 18.5 Å². The number of amides is 1. The zero-order chi connectivity index (χ0) is 20.2. The van der Waals surface area contributed by atoms with Crippen molar-refractivity contribution in [3.05, 3.63) is 85.5 Å². The summed E-state index contributed by atoms with van der Waals surface area (Å²) in [6, 6.07) is 16.4. The van der Waals surface area contributed by atoms with Gasteiger partial charge in [-0.05, 0) is 48.6 Å². The minimum absolute atomic E-state index is 0.276. The summed E-state index contributed by atoms with van der Waals surface area (Å²) >= 11 is 5.28. The first-order chi connectivity index (χ1) is 13.6. The van der Waals surface area contributed by atoms with E-state index in [1.807, 2.05) is 30.3 Å². The summed E-state index contributed by atoms with van der Waals surface area (Å²) < 4.78 is 11.2. The van der Waals surface area contributed by atoms with Crippen LogP contribution in [0.25, 0.3) is 0 Å². The third kappa shape index (κ3) is 6.89. The van der Waals surface area contributed by atoms with Gasteiger partial charge in [-0.15, -0.1) is 13.2 Å². The van der Waals surface area contributed by atoms with Crippen molar-refractivity contribution in [2.75, 3.05) is 26.3 Å². The summed E-state index contributed by atoms with van der Waals surface area (Å²) in [6.45, 7) is 9.28. The molecule has 0 aromatic heterocycles. The number of hydrogen-bond donors (Lipinski definition) is 1. The molecule has 0 atom stereocenters. The summed E-state index contributed by atoms with van der Waals surface area (Å²) in [4.78, 5) is 14.1. The Hall–Kier alpha value is -3.12. The maximum Gasteiger partial charge on any atom is 0.257 e. The van der Waals surface area contributed by atoms with Crippen LogP contribution in [-0.4, -0.2) is 42.2 Å². The van der Waals surface area contributed by atoms with Crippen LogP contribution in [0.2, 0.25) is 0 Å². The molecule has 0 unspecified atom stereocenters. The van der Waals surface area contributed by atoms with Gasteiger partial charge in [-0.3, -0.25) is 10.1 Å². The summed E-state index contributed by atoms with van der Waals surface area (Å²) in [5, 5.41) is 3.05. The summed E-state index contributed by atoms with van der Waals surface area (Å²) in [5.41, 5.74) is 0.493. The van der Waals surface area contributed by atoms with E-state index in [0.29, 0.717) is 42.7 Å². The molecule has 2 aromatic rings. The number of thiocarbonyl (C=S) groups is 1. The molecule has 5 nitrogen and oxygen atoms in total. The van der Waals surface area contributed by atoms with E-state index in [4.69, 9.17) is 21.7 Å². The van der Waals surface area contributed by atoms with Gasteiger partial charge in [-0.25, -0.2) is 0 Å². The van der Waals surface area contributed by atoms with Crippen molar-refractivity contribution >= 4 is 23.2 Å². The number of rotatable bonds is 10. The molecule has 0 aliphatic carbocycles. The van der Waals surface area contributed by atoms with E-state index >= 15 is 0 Å². The second-order valence-electron chi connectivity index (χ2n) is 5.78. The fourth-order valence-corrected chi connectivity index (χ4v) is 2.58. The van der Waals surface area contributed by atoms with Gasteiger partial charge in [0.2, 0.25) is 0 Å². The van der Waals surface area contributed by atoms with E-state index in [-0.39, 0.29) is 5.91 Å². The van der Waals surface area contributed by atoms with Crippen molar-refractivity contribution in [3.63, 3.8) is 0 Å². The van der Waals surface area contributed by atoms with Crippen molar-refractivity contribution in [2.45, 2.75) is 0 Å². The van der Waals surface area contributed by atoms with Crippen LogP contribution in [0, 0.1) is 0 Å². The highest BCUT2D eigenvalue weighted by molar-refractivity contribution is 7.80. The van der Waals surface area contributed by atoms with E-state index in [0.717, 1.165) is 5.75 Å². The molecule has 0 bridgehead atoms. The van der Waals surface area contributed by atoms with Gasteiger partial charge in [-0.2, -0.15) is 0 Å². The van der Waals surface area contributed by atoms with Gasteiger partial charge in [0.1, 0.15) is 24.7 Å². The number of carbonyl (C=O) groups excluding carboxylic acids is 1. The first-order valence-corrected chi connectivity index (χ1v) is 9.27. The van der Waals surface area contributed by atoms with Crippen molar-refractivity contribution in [1.29, 1.82) is 0 Å². The Labute approximate surface area is 171 Å². The predicted molar refractivity (Wildman–Crippen MR) is 116 cm³/mol. The Balaban J connectivity index is 1.80. The summed E-state index contributed by atoms with van der Waals surface area (Å²) in [7, 11) is 0. The first kappa shape index (κ1) is 21.2. The average Bonchev–Trinajstić information content (AvgIpc) is 2.72. The fraction of sp³-hybridized carbons (Fsp3) is 0.182. The lowest BCUT2D eigenvalue weighted by Gasteiger charge is -2.22. The molecular formula is C22H24N2O3S. The molecule has 0 saturated heterocycles. The molecule has 1 N–H and O–H groups in total. The van der Waals surface area contributed by atoms with Gasteiger partial charge in [0.15, 0.2) is 5.11 Å². The molecule has 0 radical (unpaired) electrons. The number of nitrogens with one attached hydrogen (secondary N) is 1. The molecule has 0 fully saturated rings. The van der Waals surface area contributed by atoms with Crippen LogP contribution in [0.15, 0.2) is 79.9 Å². The molecule has 0 saturated carbocycles. The van der Waals surface area contributed by atoms with Gasteiger partial charge in [0, 0.05) is 18.7 Å². The van der Waals surface area contributed by atoms with Gasteiger partial charge in [0.25, 0.3) is 5.91 Å². The molecule has 28 heavy (non-hydrogen) atoms. The van der Waals surface area contributed by atoms with Crippen LogP contribution in [0.5, 0.6) is 11.5 Å². The third-order valence-electron chi connectivity index (χ3n) is 3.69. The predicted octanol–water partition coefficient (Wildman–Crippen LogP) is 3.83. The standard InChI is InChI=1S/C22H24N2O3S/c1-3-14-24(15-4-2)22(28)23-21(25)18-10-12-20(13-11-18)27-17-16-26-19-8-6-5-7-9-19/h3-13H,1-2,14-17H2,(H,23,25,28). The van der Waals surface area contributed by atoms with E-state index in [9.17, 15) is 4.79 Å². The second-order valence-corrected chi connectivity index (χ2v) is 6.16. The van der Waals surface area contributed by atoms with E-state index < -0.39 is 0 Å². The molecule has 1 amide bonds.